The second-order valence-electron chi connectivity index (χ2n) is 5.17. The summed E-state index contributed by atoms with van der Waals surface area (Å²) in [6, 6.07) is 4.50. The van der Waals surface area contributed by atoms with Crippen LogP contribution in [0.4, 0.5) is 5.69 Å². The maximum Gasteiger partial charge on any atom is 0.326 e. The number of hydrogen-bond acceptors (Lipinski definition) is 3. The minimum Gasteiger partial charge on any atom is -0.480 e. The van der Waals surface area contributed by atoms with Crippen LogP contribution in [0.3, 0.4) is 0 Å². The maximum absolute atomic E-state index is 12.4. The lowest BCUT2D eigenvalue weighted by Gasteiger charge is -2.36. The fraction of sp³-hybridized carbons (Fsp3) is 0.429. The van der Waals surface area contributed by atoms with E-state index < -0.39 is 18.1 Å². The van der Waals surface area contributed by atoms with Gasteiger partial charge in [0.2, 0.25) is 5.91 Å². The van der Waals surface area contributed by atoms with Gasteiger partial charge in [-0.3, -0.25) is 9.69 Å². The Kier molecular flexibility index (Phi) is 2.78. The average Bonchev–Trinajstić information content (AvgIpc) is 2.53. The largest absolute Gasteiger partial charge is 0.480 e. The second-order valence-corrected chi connectivity index (χ2v) is 5.17. The van der Waals surface area contributed by atoms with Crippen molar-refractivity contribution < 1.29 is 14.7 Å². The zero-order valence-corrected chi connectivity index (χ0v) is 10.5. The lowest BCUT2D eigenvalue weighted by atomic mass is 9.92. The number of nitrogens with two attached hydrogens (primary N) is 1. The first-order chi connectivity index (χ1) is 9.09. The number of aryl methyl sites for hydroxylation is 2. The van der Waals surface area contributed by atoms with Gasteiger partial charge in [-0.15, -0.1) is 0 Å². The van der Waals surface area contributed by atoms with E-state index in [1.807, 2.05) is 18.2 Å². The predicted octanol–water partition coefficient (Wildman–Crippen LogP) is 0.692. The molecule has 0 unspecified atom stereocenters. The van der Waals surface area contributed by atoms with Gasteiger partial charge >= 0.3 is 5.97 Å². The highest BCUT2D eigenvalue weighted by Crippen LogP contribution is 2.37. The fourth-order valence-corrected chi connectivity index (χ4v) is 3.05. The summed E-state index contributed by atoms with van der Waals surface area (Å²) in [5.74, 6) is -1.22. The van der Waals surface area contributed by atoms with Crippen molar-refractivity contribution in [3.63, 3.8) is 0 Å². The molecule has 2 aliphatic heterocycles. The number of amides is 1. The minimum absolute atomic E-state index is 0.265. The van der Waals surface area contributed by atoms with Gasteiger partial charge in [-0.2, -0.15) is 0 Å². The summed E-state index contributed by atoms with van der Waals surface area (Å²) in [7, 11) is 0. The van der Waals surface area contributed by atoms with Gasteiger partial charge in [-0.25, -0.2) is 4.79 Å². The number of carbonyl (C=O) groups excluding carboxylic acids is 1. The molecule has 0 saturated heterocycles. The third-order valence-electron chi connectivity index (χ3n) is 4.01. The standard InChI is InChI=1S/C14H16N2O3/c15-10-6-4-8-2-1-3-9-5-7-11(14(18)19)16(12(8)9)13(10)17/h1-3,10-11H,4-7,15H2,(H,18,19)/t10-,11-/m1/s1. The van der Waals surface area contributed by atoms with Crippen LogP contribution >= 0.6 is 0 Å². The molecule has 5 heteroatoms. The molecule has 2 aliphatic rings. The average molecular weight is 260 g/mol. The Hall–Kier alpha value is -1.88. The number of anilines is 1. The number of para-hydroxylation sites is 1. The first kappa shape index (κ1) is 12.2. The molecule has 19 heavy (non-hydrogen) atoms. The highest BCUT2D eigenvalue weighted by molar-refractivity contribution is 6.04. The van der Waals surface area contributed by atoms with Crippen LogP contribution in [0.2, 0.25) is 0 Å². The molecule has 0 saturated carbocycles. The van der Waals surface area contributed by atoms with Gasteiger partial charge < -0.3 is 10.8 Å². The molecule has 0 radical (unpaired) electrons. The number of aliphatic carboxylic acids is 1. The van der Waals surface area contributed by atoms with Crippen molar-refractivity contribution in [2.24, 2.45) is 5.73 Å². The summed E-state index contributed by atoms with van der Waals surface area (Å²) in [5, 5.41) is 9.34. The van der Waals surface area contributed by atoms with Crippen LogP contribution < -0.4 is 10.6 Å². The molecular weight excluding hydrogens is 244 g/mol. The molecule has 2 atom stereocenters. The summed E-state index contributed by atoms with van der Waals surface area (Å²) in [6.45, 7) is 0. The highest BCUT2D eigenvalue weighted by Gasteiger charge is 2.40. The maximum atomic E-state index is 12.4. The quantitative estimate of drug-likeness (QED) is 0.778. The molecule has 0 spiro atoms. The smallest absolute Gasteiger partial charge is 0.326 e. The Morgan fingerprint density at radius 1 is 1.26 bits per heavy atom. The molecule has 2 heterocycles. The van der Waals surface area contributed by atoms with Gasteiger partial charge in [-0.1, -0.05) is 18.2 Å². The summed E-state index contributed by atoms with van der Waals surface area (Å²) in [5.41, 5.74) is 8.75. The van der Waals surface area contributed by atoms with Crippen LogP contribution in [0, 0.1) is 0 Å². The number of nitrogens with zero attached hydrogens (tertiary/aromatic N) is 1. The molecule has 1 amide bonds. The molecule has 1 aromatic rings. The zero-order chi connectivity index (χ0) is 13.6. The Morgan fingerprint density at radius 2 is 1.89 bits per heavy atom. The normalized spacial score (nSPS) is 25.7. The Balaban J connectivity index is 2.19. The first-order valence-electron chi connectivity index (χ1n) is 6.52. The minimum atomic E-state index is -0.956. The van der Waals surface area contributed by atoms with Crippen molar-refractivity contribution in [3.8, 4) is 0 Å². The second kappa shape index (κ2) is 4.35. The van der Waals surface area contributed by atoms with E-state index in [1.165, 1.54) is 4.90 Å². The third-order valence-corrected chi connectivity index (χ3v) is 4.01. The summed E-state index contributed by atoms with van der Waals surface area (Å²) >= 11 is 0. The van der Waals surface area contributed by atoms with E-state index >= 15 is 0 Å². The number of carboxylic acid groups (broad SMARTS) is 1. The zero-order valence-electron chi connectivity index (χ0n) is 10.5. The van der Waals surface area contributed by atoms with E-state index in [0.717, 1.165) is 23.2 Å². The number of carboxylic acids is 1. The van der Waals surface area contributed by atoms with Gasteiger partial charge in [-0.05, 0) is 36.8 Å². The van der Waals surface area contributed by atoms with Crippen molar-refractivity contribution in [1.82, 2.24) is 0 Å². The number of carbonyl (C=O) groups is 2. The monoisotopic (exact) mass is 260 g/mol. The fourth-order valence-electron chi connectivity index (χ4n) is 3.05. The van der Waals surface area contributed by atoms with Gasteiger partial charge in [0.25, 0.3) is 0 Å². The SMILES string of the molecule is N[C@@H]1CCc2cccc3c2N(C1=O)[C@@H](C(=O)O)CC3. The Labute approximate surface area is 111 Å². The molecule has 0 fully saturated rings. The van der Waals surface area contributed by atoms with Crippen molar-refractivity contribution in [2.75, 3.05) is 4.90 Å². The summed E-state index contributed by atoms with van der Waals surface area (Å²) < 4.78 is 0. The van der Waals surface area contributed by atoms with Crippen LogP contribution in [0.25, 0.3) is 0 Å². The summed E-state index contributed by atoms with van der Waals surface area (Å²) in [4.78, 5) is 25.2. The Morgan fingerprint density at radius 3 is 2.53 bits per heavy atom. The van der Waals surface area contributed by atoms with Gasteiger partial charge in [0, 0.05) is 0 Å². The van der Waals surface area contributed by atoms with Crippen LogP contribution in [0.5, 0.6) is 0 Å². The van der Waals surface area contributed by atoms with Crippen molar-refractivity contribution in [3.05, 3.63) is 29.3 Å². The van der Waals surface area contributed by atoms with Crippen LogP contribution in [0.1, 0.15) is 24.0 Å². The molecule has 0 aromatic heterocycles. The van der Waals surface area contributed by atoms with Crippen LogP contribution in [0.15, 0.2) is 18.2 Å². The van der Waals surface area contributed by atoms with Crippen molar-refractivity contribution in [2.45, 2.75) is 37.8 Å². The van der Waals surface area contributed by atoms with Gasteiger partial charge in [0.05, 0.1) is 11.7 Å². The molecule has 1 aromatic carbocycles. The Bertz CT molecular complexity index is 556. The third kappa shape index (κ3) is 1.81. The van der Waals surface area contributed by atoms with Crippen LogP contribution in [-0.4, -0.2) is 29.1 Å². The molecule has 0 aliphatic carbocycles. The molecule has 100 valence electrons. The summed E-state index contributed by atoms with van der Waals surface area (Å²) in [6.07, 6.45) is 2.43. The molecule has 3 rings (SSSR count). The number of hydrogen-bond donors (Lipinski definition) is 2. The van der Waals surface area contributed by atoms with Crippen molar-refractivity contribution in [1.29, 1.82) is 0 Å². The van der Waals surface area contributed by atoms with E-state index in [1.54, 1.807) is 0 Å². The lowest BCUT2D eigenvalue weighted by Crippen LogP contribution is -2.53. The van der Waals surface area contributed by atoms with E-state index in [0.29, 0.717) is 19.3 Å². The van der Waals surface area contributed by atoms with Gasteiger partial charge in [0.1, 0.15) is 6.04 Å². The molecule has 0 bridgehead atoms. The highest BCUT2D eigenvalue weighted by atomic mass is 16.4. The van der Waals surface area contributed by atoms with E-state index in [4.69, 9.17) is 5.73 Å². The molecule has 5 nitrogen and oxygen atoms in total. The first-order valence-corrected chi connectivity index (χ1v) is 6.52. The predicted molar refractivity (Wildman–Crippen MR) is 70.0 cm³/mol. The topological polar surface area (TPSA) is 83.6 Å². The number of benzene rings is 1. The lowest BCUT2D eigenvalue weighted by molar-refractivity contribution is -0.140. The van der Waals surface area contributed by atoms with Crippen LogP contribution in [-0.2, 0) is 22.4 Å². The number of rotatable bonds is 1. The van der Waals surface area contributed by atoms with E-state index in [-0.39, 0.29) is 5.91 Å². The van der Waals surface area contributed by atoms with E-state index in [9.17, 15) is 14.7 Å². The van der Waals surface area contributed by atoms with E-state index in [2.05, 4.69) is 0 Å². The van der Waals surface area contributed by atoms with Gasteiger partial charge in [0.15, 0.2) is 0 Å². The van der Waals surface area contributed by atoms with Crippen molar-refractivity contribution >= 4 is 17.6 Å². The molecule has 3 N–H and O–H groups in total. The molecular formula is C14H16N2O3.